The van der Waals surface area contributed by atoms with Crippen molar-refractivity contribution in [2.24, 2.45) is 0 Å². The standard InChI is InChI=1S/C10H8F3NO3S/c11-5-1-6(12)10(13)7(2-5)14-8(15)3-18-4-9(16)17/h1-2H,3-4H2,(H,14,15)(H,16,17). The van der Waals surface area contributed by atoms with Gasteiger partial charge in [0.05, 0.1) is 17.2 Å². The summed E-state index contributed by atoms with van der Waals surface area (Å²) in [5, 5.41) is 10.3. The Morgan fingerprint density at radius 3 is 2.50 bits per heavy atom. The molecule has 1 aromatic rings. The number of aliphatic carboxylic acids is 1. The maximum atomic E-state index is 13.1. The zero-order valence-electron chi connectivity index (χ0n) is 8.87. The number of amides is 1. The van der Waals surface area contributed by atoms with Gasteiger partial charge in [0.2, 0.25) is 5.91 Å². The number of rotatable bonds is 5. The number of hydrogen-bond acceptors (Lipinski definition) is 3. The summed E-state index contributed by atoms with van der Waals surface area (Å²) in [5.41, 5.74) is -0.617. The van der Waals surface area contributed by atoms with Gasteiger partial charge in [0.1, 0.15) is 5.82 Å². The van der Waals surface area contributed by atoms with Gasteiger partial charge in [-0.2, -0.15) is 0 Å². The van der Waals surface area contributed by atoms with Gasteiger partial charge in [-0.15, -0.1) is 11.8 Å². The van der Waals surface area contributed by atoms with E-state index in [0.717, 1.165) is 11.8 Å². The quantitative estimate of drug-likeness (QED) is 0.807. The Kier molecular flexibility index (Phi) is 5.02. The van der Waals surface area contributed by atoms with Crippen molar-refractivity contribution in [1.29, 1.82) is 0 Å². The van der Waals surface area contributed by atoms with E-state index in [1.807, 2.05) is 5.32 Å². The summed E-state index contributed by atoms with van der Waals surface area (Å²) >= 11 is 0.781. The molecule has 0 heterocycles. The summed E-state index contributed by atoms with van der Waals surface area (Å²) in [5.74, 6) is -6.21. The number of carbonyl (C=O) groups is 2. The summed E-state index contributed by atoms with van der Waals surface area (Å²) in [7, 11) is 0. The molecule has 0 aliphatic heterocycles. The van der Waals surface area contributed by atoms with Crippen LogP contribution in [-0.4, -0.2) is 28.5 Å². The third kappa shape index (κ3) is 4.28. The van der Waals surface area contributed by atoms with Gasteiger partial charge in [-0.25, -0.2) is 13.2 Å². The largest absolute Gasteiger partial charge is 0.481 e. The third-order valence-corrected chi connectivity index (χ3v) is 2.64. The Bertz CT molecular complexity index is 482. The minimum absolute atomic E-state index is 0.260. The summed E-state index contributed by atoms with van der Waals surface area (Å²) in [6, 6.07) is 0.988. The summed E-state index contributed by atoms with van der Waals surface area (Å²) in [6.07, 6.45) is 0. The zero-order valence-corrected chi connectivity index (χ0v) is 9.69. The van der Waals surface area contributed by atoms with Crippen molar-refractivity contribution in [3.8, 4) is 0 Å². The fraction of sp³-hybridized carbons (Fsp3) is 0.200. The van der Waals surface area contributed by atoms with Crippen molar-refractivity contribution in [2.45, 2.75) is 0 Å². The van der Waals surface area contributed by atoms with Gasteiger partial charge < -0.3 is 10.4 Å². The van der Waals surface area contributed by atoms with Crippen LogP contribution in [0.2, 0.25) is 0 Å². The highest BCUT2D eigenvalue weighted by Gasteiger charge is 2.13. The first kappa shape index (κ1) is 14.4. The van der Waals surface area contributed by atoms with Crippen molar-refractivity contribution in [3.63, 3.8) is 0 Å². The van der Waals surface area contributed by atoms with E-state index in [4.69, 9.17) is 5.11 Å². The molecule has 0 aromatic heterocycles. The van der Waals surface area contributed by atoms with Crippen LogP contribution in [0.4, 0.5) is 18.9 Å². The fourth-order valence-electron chi connectivity index (χ4n) is 1.06. The molecular weight excluding hydrogens is 271 g/mol. The SMILES string of the molecule is O=C(O)CSCC(=O)Nc1cc(F)cc(F)c1F. The normalized spacial score (nSPS) is 10.2. The molecule has 0 unspecified atom stereocenters. The van der Waals surface area contributed by atoms with Gasteiger partial charge in [0.25, 0.3) is 0 Å². The van der Waals surface area contributed by atoms with Crippen molar-refractivity contribution < 1.29 is 27.9 Å². The molecule has 8 heteroatoms. The summed E-state index contributed by atoms with van der Waals surface area (Å²) in [6.45, 7) is 0. The van der Waals surface area contributed by atoms with Gasteiger partial charge in [0.15, 0.2) is 11.6 Å². The van der Waals surface area contributed by atoms with Crippen LogP contribution in [0.25, 0.3) is 0 Å². The van der Waals surface area contributed by atoms with Crippen molar-refractivity contribution in [3.05, 3.63) is 29.6 Å². The zero-order chi connectivity index (χ0) is 13.7. The van der Waals surface area contributed by atoms with Crippen molar-refractivity contribution in [1.82, 2.24) is 0 Å². The Labute approximate surface area is 104 Å². The number of thioether (sulfide) groups is 1. The van der Waals surface area contributed by atoms with Gasteiger partial charge >= 0.3 is 5.97 Å². The van der Waals surface area contributed by atoms with Crippen LogP contribution >= 0.6 is 11.8 Å². The van der Waals surface area contributed by atoms with E-state index < -0.39 is 35.0 Å². The molecule has 4 nitrogen and oxygen atoms in total. The number of carboxylic acid groups (broad SMARTS) is 1. The molecule has 1 aromatic carbocycles. The lowest BCUT2D eigenvalue weighted by atomic mass is 10.3. The monoisotopic (exact) mass is 279 g/mol. The molecule has 2 N–H and O–H groups in total. The van der Waals surface area contributed by atoms with E-state index in [1.165, 1.54) is 0 Å². The minimum Gasteiger partial charge on any atom is -0.481 e. The van der Waals surface area contributed by atoms with E-state index >= 15 is 0 Å². The first-order chi connectivity index (χ1) is 8.40. The van der Waals surface area contributed by atoms with Crippen LogP contribution in [-0.2, 0) is 9.59 Å². The van der Waals surface area contributed by atoms with Crippen LogP contribution in [0.15, 0.2) is 12.1 Å². The molecule has 0 atom stereocenters. The maximum absolute atomic E-state index is 13.1. The smallest absolute Gasteiger partial charge is 0.313 e. The second-order valence-corrected chi connectivity index (χ2v) is 4.17. The molecule has 0 spiro atoms. The van der Waals surface area contributed by atoms with Gasteiger partial charge in [-0.1, -0.05) is 0 Å². The lowest BCUT2D eigenvalue weighted by Gasteiger charge is -2.06. The number of carboxylic acids is 1. The van der Waals surface area contributed by atoms with Crippen LogP contribution < -0.4 is 5.32 Å². The van der Waals surface area contributed by atoms with Gasteiger partial charge in [-0.05, 0) is 0 Å². The lowest BCUT2D eigenvalue weighted by Crippen LogP contribution is -2.17. The Balaban J connectivity index is 2.62. The first-order valence-corrected chi connectivity index (χ1v) is 5.79. The van der Waals surface area contributed by atoms with Crippen LogP contribution in [0.1, 0.15) is 0 Å². The highest BCUT2D eigenvalue weighted by molar-refractivity contribution is 8.00. The fourth-order valence-corrected chi connectivity index (χ4v) is 1.60. The Hall–Kier alpha value is -1.70. The molecule has 0 radical (unpaired) electrons. The van der Waals surface area contributed by atoms with E-state index in [1.54, 1.807) is 0 Å². The molecule has 0 saturated heterocycles. The number of halogens is 3. The first-order valence-electron chi connectivity index (χ1n) is 4.64. The Morgan fingerprint density at radius 1 is 1.22 bits per heavy atom. The number of hydrogen-bond donors (Lipinski definition) is 2. The Morgan fingerprint density at radius 2 is 1.89 bits per heavy atom. The van der Waals surface area contributed by atoms with Crippen LogP contribution in [0, 0.1) is 17.5 Å². The second kappa shape index (κ2) is 6.29. The second-order valence-electron chi connectivity index (χ2n) is 3.18. The van der Waals surface area contributed by atoms with Gasteiger partial charge in [0, 0.05) is 12.1 Å². The molecular formula is C10H8F3NO3S. The van der Waals surface area contributed by atoms with Crippen molar-refractivity contribution >= 4 is 29.3 Å². The van der Waals surface area contributed by atoms with E-state index in [9.17, 15) is 22.8 Å². The number of nitrogens with one attached hydrogen (secondary N) is 1. The molecule has 1 amide bonds. The molecule has 0 saturated carbocycles. The number of carbonyl (C=O) groups excluding carboxylic acids is 1. The highest BCUT2D eigenvalue weighted by atomic mass is 32.2. The molecule has 98 valence electrons. The molecule has 18 heavy (non-hydrogen) atoms. The van der Waals surface area contributed by atoms with E-state index in [2.05, 4.69) is 0 Å². The number of benzene rings is 1. The highest BCUT2D eigenvalue weighted by Crippen LogP contribution is 2.19. The third-order valence-electron chi connectivity index (χ3n) is 1.73. The molecule has 0 bridgehead atoms. The molecule has 0 aliphatic carbocycles. The van der Waals surface area contributed by atoms with E-state index in [0.29, 0.717) is 12.1 Å². The topological polar surface area (TPSA) is 66.4 Å². The molecule has 0 fully saturated rings. The summed E-state index contributed by atoms with van der Waals surface area (Å²) < 4.78 is 38.7. The maximum Gasteiger partial charge on any atom is 0.313 e. The van der Waals surface area contributed by atoms with Crippen LogP contribution in [0.5, 0.6) is 0 Å². The predicted octanol–water partition coefficient (Wildman–Crippen LogP) is 1.86. The average Bonchev–Trinajstić information content (AvgIpc) is 2.24. The molecule has 1 rings (SSSR count). The molecule has 0 aliphatic rings. The van der Waals surface area contributed by atoms with Crippen molar-refractivity contribution in [2.75, 3.05) is 16.8 Å². The summed E-state index contributed by atoms with van der Waals surface area (Å²) in [4.78, 5) is 21.4. The van der Waals surface area contributed by atoms with Crippen LogP contribution in [0.3, 0.4) is 0 Å². The average molecular weight is 279 g/mol. The van der Waals surface area contributed by atoms with E-state index in [-0.39, 0.29) is 11.5 Å². The number of anilines is 1. The lowest BCUT2D eigenvalue weighted by molar-refractivity contribution is -0.133. The minimum atomic E-state index is -1.41. The predicted molar refractivity (Wildman–Crippen MR) is 59.9 cm³/mol. The van der Waals surface area contributed by atoms with Gasteiger partial charge in [-0.3, -0.25) is 9.59 Å².